The average Bonchev–Trinajstić information content (AvgIpc) is 2.31. The van der Waals surface area contributed by atoms with E-state index >= 15 is 0 Å². The summed E-state index contributed by atoms with van der Waals surface area (Å²) in [6.07, 6.45) is 2.50. The molecule has 1 aromatic rings. The second-order valence-electron chi connectivity index (χ2n) is 2.87. The van der Waals surface area contributed by atoms with Gasteiger partial charge in [0.15, 0.2) is 0 Å². The summed E-state index contributed by atoms with van der Waals surface area (Å²) in [5.41, 5.74) is 1.06. The van der Waals surface area contributed by atoms with Crippen molar-refractivity contribution in [3.63, 3.8) is 0 Å². The van der Waals surface area contributed by atoms with Crippen molar-refractivity contribution in [2.75, 3.05) is 20.4 Å². The lowest BCUT2D eigenvalue weighted by molar-refractivity contribution is -0.117. The predicted molar refractivity (Wildman–Crippen MR) is 65.4 cm³/mol. The molecule has 15 heavy (non-hydrogen) atoms. The summed E-state index contributed by atoms with van der Waals surface area (Å²) in [7, 11) is 3.37. The molecule has 0 saturated carbocycles. The summed E-state index contributed by atoms with van der Waals surface area (Å²) in [6, 6.07) is 7.67. The molecule has 1 amide bonds. The highest BCUT2D eigenvalue weighted by Crippen LogP contribution is 2.13. The van der Waals surface area contributed by atoms with Crippen LogP contribution in [-0.4, -0.2) is 31.7 Å². The van der Waals surface area contributed by atoms with E-state index in [4.69, 9.17) is 4.74 Å². The minimum Gasteiger partial charge on any atom is -0.497 e. The summed E-state index contributed by atoms with van der Waals surface area (Å²) in [6.45, 7) is 0.612. The van der Waals surface area contributed by atoms with Gasteiger partial charge in [0, 0.05) is 13.6 Å². The van der Waals surface area contributed by atoms with Crippen molar-refractivity contribution >= 4 is 19.0 Å². The normalized spacial score (nSPS) is 8.53. The van der Waals surface area contributed by atoms with Gasteiger partial charge < -0.3 is 9.64 Å². The molecule has 0 heterocycles. The van der Waals surface area contributed by atoms with Gasteiger partial charge in [-0.15, -0.1) is 0 Å². The van der Waals surface area contributed by atoms with Gasteiger partial charge >= 0.3 is 0 Å². The standard InChI is InChI=1S/C10H13NO2.CH4S/c1-11(8-12)7-9-4-3-5-10(6-9)13-2;1-2/h3-6,8H,7H2,1-2H3;2H,1H3. The van der Waals surface area contributed by atoms with Gasteiger partial charge in [-0.3, -0.25) is 4.79 Å². The first kappa shape index (κ1) is 13.8. The van der Waals surface area contributed by atoms with E-state index in [2.05, 4.69) is 12.6 Å². The van der Waals surface area contributed by atoms with Crippen molar-refractivity contribution < 1.29 is 9.53 Å². The van der Waals surface area contributed by atoms with Gasteiger partial charge in [0.2, 0.25) is 6.41 Å². The molecule has 0 N–H and O–H groups in total. The largest absolute Gasteiger partial charge is 0.497 e. The minimum atomic E-state index is 0.612. The van der Waals surface area contributed by atoms with Crippen molar-refractivity contribution in [3.05, 3.63) is 29.8 Å². The lowest BCUT2D eigenvalue weighted by atomic mass is 10.2. The predicted octanol–water partition coefficient (Wildman–Crippen LogP) is 1.83. The molecule has 0 atom stereocenters. The fourth-order valence-corrected chi connectivity index (χ4v) is 1.10. The van der Waals surface area contributed by atoms with Crippen LogP contribution in [-0.2, 0) is 11.3 Å². The Morgan fingerprint density at radius 3 is 2.67 bits per heavy atom. The van der Waals surface area contributed by atoms with Gasteiger partial charge in [-0.25, -0.2) is 0 Å². The summed E-state index contributed by atoms with van der Waals surface area (Å²) in [4.78, 5) is 11.9. The van der Waals surface area contributed by atoms with E-state index in [9.17, 15) is 4.79 Å². The molecule has 0 aromatic heterocycles. The number of methoxy groups -OCH3 is 1. The average molecular weight is 227 g/mol. The minimum absolute atomic E-state index is 0.612. The van der Waals surface area contributed by atoms with E-state index in [1.807, 2.05) is 24.3 Å². The van der Waals surface area contributed by atoms with Crippen molar-refractivity contribution in [3.8, 4) is 5.75 Å². The first-order valence-corrected chi connectivity index (χ1v) is 5.39. The van der Waals surface area contributed by atoms with Gasteiger partial charge in [-0.1, -0.05) is 12.1 Å². The Kier molecular flexibility index (Phi) is 7.54. The number of thiol groups is 1. The molecular weight excluding hydrogens is 210 g/mol. The van der Waals surface area contributed by atoms with Crippen molar-refractivity contribution in [1.29, 1.82) is 0 Å². The summed E-state index contributed by atoms with van der Waals surface area (Å²) < 4.78 is 5.06. The van der Waals surface area contributed by atoms with Gasteiger partial charge in [0.05, 0.1) is 7.11 Å². The van der Waals surface area contributed by atoms with E-state index in [1.54, 1.807) is 25.3 Å². The monoisotopic (exact) mass is 227 g/mol. The van der Waals surface area contributed by atoms with Crippen LogP contribution in [0, 0.1) is 0 Å². The number of hydrogen-bond donors (Lipinski definition) is 1. The van der Waals surface area contributed by atoms with Gasteiger partial charge in [0.1, 0.15) is 5.75 Å². The number of hydrogen-bond acceptors (Lipinski definition) is 3. The zero-order valence-electron chi connectivity index (χ0n) is 9.30. The van der Waals surface area contributed by atoms with Crippen LogP contribution in [0.4, 0.5) is 0 Å². The quantitative estimate of drug-likeness (QED) is 0.628. The van der Waals surface area contributed by atoms with Crippen LogP contribution in [0.1, 0.15) is 5.56 Å². The highest BCUT2D eigenvalue weighted by Gasteiger charge is 1.98. The molecule has 84 valence electrons. The zero-order valence-corrected chi connectivity index (χ0v) is 10.2. The first-order chi connectivity index (χ1) is 7.26. The lowest BCUT2D eigenvalue weighted by Gasteiger charge is -2.10. The molecule has 0 radical (unpaired) electrons. The Morgan fingerprint density at radius 2 is 2.13 bits per heavy atom. The third-order valence-electron chi connectivity index (χ3n) is 1.75. The zero-order chi connectivity index (χ0) is 11.7. The van der Waals surface area contributed by atoms with Crippen molar-refractivity contribution in [1.82, 2.24) is 4.90 Å². The second kappa shape index (κ2) is 8.17. The number of carbonyl (C=O) groups excluding carboxylic acids is 1. The molecule has 0 spiro atoms. The fourth-order valence-electron chi connectivity index (χ4n) is 1.10. The number of amides is 1. The van der Waals surface area contributed by atoms with Crippen LogP contribution in [0.15, 0.2) is 24.3 Å². The lowest BCUT2D eigenvalue weighted by Crippen LogP contribution is -2.14. The van der Waals surface area contributed by atoms with Crippen molar-refractivity contribution in [2.45, 2.75) is 6.54 Å². The Morgan fingerprint density at radius 1 is 1.47 bits per heavy atom. The molecular formula is C11H17NO2S. The molecule has 4 heteroatoms. The molecule has 0 aliphatic heterocycles. The maximum atomic E-state index is 10.4. The number of benzene rings is 1. The molecule has 0 fully saturated rings. The molecule has 3 nitrogen and oxygen atoms in total. The van der Waals surface area contributed by atoms with Crippen molar-refractivity contribution in [2.24, 2.45) is 0 Å². The molecule has 0 saturated heterocycles. The maximum absolute atomic E-state index is 10.4. The maximum Gasteiger partial charge on any atom is 0.209 e. The Hall–Kier alpha value is -1.16. The molecule has 1 rings (SSSR count). The summed E-state index contributed by atoms with van der Waals surface area (Å²) >= 11 is 3.53. The fraction of sp³-hybridized carbons (Fsp3) is 0.364. The summed E-state index contributed by atoms with van der Waals surface area (Å²) in [5.74, 6) is 0.816. The highest BCUT2D eigenvalue weighted by atomic mass is 32.1. The number of carbonyl (C=O) groups is 1. The van der Waals surface area contributed by atoms with E-state index in [0.717, 1.165) is 17.7 Å². The van der Waals surface area contributed by atoms with Gasteiger partial charge in [0.25, 0.3) is 0 Å². The SMILES string of the molecule is COc1cccc(CN(C)C=O)c1.CS. The first-order valence-electron chi connectivity index (χ1n) is 4.49. The number of rotatable bonds is 4. The van der Waals surface area contributed by atoms with E-state index in [0.29, 0.717) is 6.54 Å². The van der Waals surface area contributed by atoms with Gasteiger partial charge in [-0.05, 0) is 24.0 Å². The smallest absolute Gasteiger partial charge is 0.209 e. The third-order valence-corrected chi connectivity index (χ3v) is 1.75. The second-order valence-corrected chi connectivity index (χ2v) is 2.87. The Balaban J connectivity index is 0.000000921. The third kappa shape index (κ3) is 5.32. The summed E-state index contributed by atoms with van der Waals surface area (Å²) in [5, 5.41) is 0. The molecule has 0 aliphatic carbocycles. The number of ether oxygens (including phenoxy) is 1. The Labute approximate surface area is 96.5 Å². The Bertz CT molecular complexity index is 292. The van der Waals surface area contributed by atoms with Crippen LogP contribution in [0.5, 0.6) is 5.75 Å². The van der Waals surface area contributed by atoms with Gasteiger partial charge in [-0.2, -0.15) is 12.6 Å². The molecule has 1 aromatic carbocycles. The van der Waals surface area contributed by atoms with Crippen LogP contribution in [0.2, 0.25) is 0 Å². The molecule has 0 bridgehead atoms. The molecule has 0 unspecified atom stereocenters. The van der Waals surface area contributed by atoms with E-state index in [1.165, 1.54) is 0 Å². The van der Waals surface area contributed by atoms with Crippen LogP contribution in [0.25, 0.3) is 0 Å². The van der Waals surface area contributed by atoms with E-state index < -0.39 is 0 Å². The van der Waals surface area contributed by atoms with Crippen LogP contribution >= 0.6 is 12.6 Å². The van der Waals surface area contributed by atoms with E-state index in [-0.39, 0.29) is 0 Å². The van der Waals surface area contributed by atoms with Crippen LogP contribution < -0.4 is 4.74 Å². The molecule has 0 aliphatic rings. The highest BCUT2D eigenvalue weighted by molar-refractivity contribution is 7.79. The number of nitrogens with zero attached hydrogens (tertiary/aromatic N) is 1. The topological polar surface area (TPSA) is 29.5 Å². The van der Waals surface area contributed by atoms with Crippen LogP contribution in [0.3, 0.4) is 0 Å².